The molecule has 4 nitrogen and oxygen atoms in total. The van der Waals surface area contributed by atoms with Crippen molar-refractivity contribution in [2.75, 3.05) is 13.2 Å². The number of carbonyl (C=O) groups excluding carboxylic acids is 1. The maximum absolute atomic E-state index is 11.9. The molecule has 1 heterocycles. The van der Waals surface area contributed by atoms with Gasteiger partial charge in [-0.25, -0.2) is 0 Å². The largest absolute Gasteiger partial charge is 0.494 e. The second-order valence-corrected chi connectivity index (χ2v) is 6.23. The lowest BCUT2D eigenvalue weighted by Gasteiger charge is -2.07. The Balaban J connectivity index is 1.34. The molecule has 0 bridgehead atoms. The number of carbonyl (C=O) groups is 1. The molecule has 0 fully saturated rings. The van der Waals surface area contributed by atoms with Gasteiger partial charge in [0, 0.05) is 30.1 Å². The zero-order valence-electron chi connectivity index (χ0n) is 14.5. The highest BCUT2D eigenvalue weighted by Gasteiger charge is 2.05. The lowest BCUT2D eigenvalue weighted by atomic mass is 10.1. The van der Waals surface area contributed by atoms with E-state index in [1.807, 2.05) is 49.5 Å². The van der Waals surface area contributed by atoms with Crippen LogP contribution in [0.5, 0.6) is 5.75 Å². The van der Waals surface area contributed by atoms with Crippen LogP contribution in [0.2, 0.25) is 0 Å². The fraction of sp³-hybridized carbons (Fsp3) is 0.286. The highest BCUT2D eigenvalue weighted by molar-refractivity contribution is 5.83. The van der Waals surface area contributed by atoms with Crippen LogP contribution < -0.4 is 10.1 Å². The molecular weight excluding hydrogens is 312 g/mol. The van der Waals surface area contributed by atoms with Crippen molar-refractivity contribution in [1.82, 2.24) is 10.3 Å². The molecule has 0 saturated carbocycles. The molecule has 3 aromatic rings. The van der Waals surface area contributed by atoms with Crippen molar-refractivity contribution in [3.8, 4) is 5.75 Å². The first-order valence-corrected chi connectivity index (χ1v) is 8.73. The molecule has 0 aliphatic carbocycles. The summed E-state index contributed by atoms with van der Waals surface area (Å²) in [7, 11) is 0. The molecule has 130 valence electrons. The number of ether oxygens (including phenoxy) is 1. The molecule has 1 aromatic heterocycles. The SMILES string of the molecule is Cc1cccc(OCCCC(=O)NCCc2c[nH]c3ccccc23)c1. The zero-order valence-corrected chi connectivity index (χ0v) is 14.5. The van der Waals surface area contributed by atoms with Crippen LogP contribution in [0.25, 0.3) is 10.9 Å². The van der Waals surface area contributed by atoms with Crippen LogP contribution in [-0.2, 0) is 11.2 Å². The number of amides is 1. The first-order chi connectivity index (χ1) is 12.2. The van der Waals surface area contributed by atoms with Gasteiger partial charge in [-0.1, -0.05) is 30.3 Å². The molecule has 0 aliphatic heterocycles. The van der Waals surface area contributed by atoms with E-state index in [1.54, 1.807) is 0 Å². The van der Waals surface area contributed by atoms with E-state index in [0.717, 1.165) is 17.7 Å². The van der Waals surface area contributed by atoms with Crippen molar-refractivity contribution in [2.24, 2.45) is 0 Å². The monoisotopic (exact) mass is 336 g/mol. The maximum Gasteiger partial charge on any atom is 0.220 e. The number of benzene rings is 2. The number of fused-ring (bicyclic) bond motifs is 1. The second kappa shape index (κ2) is 8.38. The van der Waals surface area contributed by atoms with Crippen LogP contribution in [0.15, 0.2) is 54.7 Å². The third-order valence-electron chi connectivity index (χ3n) is 4.20. The first kappa shape index (κ1) is 17.1. The lowest BCUT2D eigenvalue weighted by molar-refractivity contribution is -0.121. The number of hydrogen-bond donors (Lipinski definition) is 2. The van der Waals surface area contributed by atoms with Crippen molar-refractivity contribution in [1.29, 1.82) is 0 Å². The molecule has 4 heteroatoms. The van der Waals surface area contributed by atoms with E-state index in [-0.39, 0.29) is 5.91 Å². The molecule has 0 saturated heterocycles. The van der Waals surface area contributed by atoms with Crippen LogP contribution in [0, 0.1) is 6.92 Å². The predicted molar refractivity (Wildman–Crippen MR) is 101 cm³/mol. The lowest BCUT2D eigenvalue weighted by Crippen LogP contribution is -2.25. The first-order valence-electron chi connectivity index (χ1n) is 8.73. The van der Waals surface area contributed by atoms with E-state index in [0.29, 0.717) is 26.0 Å². The average molecular weight is 336 g/mol. The van der Waals surface area contributed by atoms with Crippen LogP contribution in [-0.4, -0.2) is 24.0 Å². The number of hydrogen-bond acceptors (Lipinski definition) is 2. The van der Waals surface area contributed by atoms with Crippen molar-refractivity contribution in [3.05, 3.63) is 65.9 Å². The summed E-state index contributed by atoms with van der Waals surface area (Å²) in [5.41, 5.74) is 3.54. The smallest absolute Gasteiger partial charge is 0.220 e. The third-order valence-corrected chi connectivity index (χ3v) is 4.20. The number of aromatic nitrogens is 1. The van der Waals surface area contributed by atoms with Gasteiger partial charge in [-0.3, -0.25) is 4.79 Å². The molecule has 0 atom stereocenters. The Bertz CT molecular complexity index is 839. The zero-order chi connectivity index (χ0) is 17.5. The quantitative estimate of drug-likeness (QED) is 0.611. The van der Waals surface area contributed by atoms with Gasteiger partial charge in [0.05, 0.1) is 6.61 Å². The van der Waals surface area contributed by atoms with Gasteiger partial charge in [0.1, 0.15) is 5.75 Å². The van der Waals surface area contributed by atoms with Crippen LogP contribution >= 0.6 is 0 Å². The van der Waals surface area contributed by atoms with Gasteiger partial charge in [0.15, 0.2) is 0 Å². The molecule has 2 aromatic carbocycles. The Hall–Kier alpha value is -2.75. The molecule has 25 heavy (non-hydrogen) atoms. The van der Waals surface area contributed by atoms with Crippen molar-refractivity contribution < 1.29 is 9.53 Å². The van der Waals surface area contributed by atoms with Crippen molar-refractivity contribution in [3.63, 3.8) is 0 Å². The molecular formula is C21H24N2O2. The number of aromatic amines is 1. The van der Waals surface area contributed by atoms with Crippen LogP contribution in [0.3, 0.4) is 0 Å². The summed E-state index contributed by atoms with van der Waals surface area (Å²) in [6, 6.07) is 16.2. The number of nitrogens with one attached hydrogen (secondary N) is 2. The van der Waals surface area contributed by atoms with E-state index in [2.05, 4.69) is 22.4 Å². The van der Waals surface area contributed by atoms with Gasteiger partial charge in [-0.15, -0.1) is 0 Å². The number of H-pyrrole nitrogens is 1. The van der Waals surface area contributed by atoms with Gasteiger partial charge in [-0.05, 0) is 49.1 Å². The third kappa shape index (κ3) is 4.86. The fourth-order valence-electron chi connectivity index (χ4n) is 2.89. The molecule has 0 unspecified atom stereocenters. The summed E-state index contributed by atoms with van der Waals surface area (Å²) in [4.78, 5) is 15.2. The highest BCUT2D eigenvalue weighted by atomic mass is 16.5. The Morgan fingerprint density at radius 1 is 1.16 bits per heavy atom. The standard InChI is InChI=1S/C21H24N2O2/c1-16-6-4-7-18(14-16)25-13-5-10-21(24)22-12-11-17-15-23-20-9-3-2-8-19(17)20/h2-4,6-9,14-15,23H,5,10-13H2,1H3,(H,22,24). The minimum Gasteiger partial charge on any atom is -0.494 e. The van der Waals surface area contributed by atoms with Gasteiger partial charge in [-0.2, -0.15) is 0 Å². The van der Waals surface area contributed by atoms with E-state index >= 15 is 0 Å². The number of para-hydroxylation sites is 1. The van der Waals surface area contributed by atoms with Gasteiger partial charge < -0.3 is 15.0 Å². The van der Waals surface area contributed by atoms with Gasteiger partial charge in [0.25, 0.3) is 0 Å². The summed E-state index contributed by atoms with van der Waals surface area (Å²) in [6.45, 7) is 3.24. The van der Waals surface area contributed by atoms with Crippen molar-refractivity contribution in [2.45, 2.75) is 26.2 Å². The van der Waals surface area contributed by atoms with Crippen LogP contribution in [0.1, 0.15) is 24.0 Å². The molecule has 3 rings (SSSR count). The second-order valence-electron chi connectivity index (χ2n) is 6.23. The summed E-state index contributed by atoms with van der Waals surface area (Å²) < 4.78 is 5.66. The van der Waals surface area contributed by atoms with E-state index in [9.17, 15) is 4.79 Å². The Kier molecular flexibility index (Phi) is 5.73. The summed E-state index contributed by atoms with van der Waals surface area (Å²) in [5.74, 6) is 0.937. The van der Waals surface area contributed by atoms with E-state index in [4.69, 9.17) is 4.74 Å². The average Bonchev–Trinajstić information content (AvgIpc) is 3.02. The molecule has 0 spiro atoms. The molecule has 0 radical (unpaired) electrons. The topological polar surface area (TPSA) is 54.1 Å². The van der Waals surface area contributed by atoms with Crippen LogP contribution in [0.4, 0.5) is 0 Å². The Labute approximate surface area is 148 Å². The molecule has 1 amide bonds. The summed E-state index contributed by atoms with van der Waals surface area (Å²) in [6.07, 6.45) is 4.05. The fourth-order valence-corrected chi connectivity index (χ4v) is 2.89. The van der Waals surface area contributed by atoms with Crippen molar-refractivity contribution >= 4 is 16.8 Å². The highest BCUT2D eigenvalue weighted by Crippen LogP contribution is 2.17. The normalized spacial score (nSPS) is 10.8. The maximum atomic E-state index is 11.9. The minimum absolute atomic E-state index is 0.0766. The number of rotatable bonds is 8. The number of aryl methyl sites for hydroxylation is 1. The van der Waals surface area contributed by atoms with Gasteiger partial charge in [0.2, 0.25) is 5.91 Å². The summed E-state index contributed by atoms with van der Waals surface area (Å²) >= 11 is 0. The predicted octanol–water partition coefficient (Wildman–Crippen LogP) is 3.99. The van der Waals surface area contributed by atoms with E-state index < -0.39 is 0 Å². The Morgan fingerprint density at radius 2 is 2.04 bits per heavy atom. The molecule has 2 N–H and O–H groups in total. The van der Waals surface area contributed by atoms with Gasteiger partial charge >= 0.3 is 0 Å². The minimum atomic E-state index is 0.0766. The Morgan fingerprint density at radius 3 is 2.92 bits per heavy atom. The molecule has 0 aliphatic rings. The summed E-state index contributed by atoms with van der Waals surface area (Å²) in [5, 5.41) is 4.21. The van der Waals surface area contributed by atoms with E-state index in [1.165, 1.54) is 16.5 Å².